The van der Waals surface area contributed by atoms with E-state index in [1.54, 1.807) is 24.3 Å². The minimum Gasteiger partial charge on any atom is -0.507 e. The molecule has 4 rings (SSSR count). The average molecular weight is 528 g/mol. The van der Waals surface area contributed by atoms with Crippen LogP contribution in [0.2, 0.25) is 0 Å². The second-order valence-corrected chi connectivity index (χ2v) is 11.4. The molecule has 0 bridgehead atoms. The Morgan fingerprint density at radius 1 is 0.821 bits per heavy atom. The zero-order valence-electron chi connectivity index (χ0n) is 23.7. The number of hydrogen-bond acceptors (Lipinski definition) is 5. The summed E-state index contributed by atoms with van der Waals surface area (Å²) in [6.45, 7) is 14.1. The van der Waals surface area contributed by atoms with E-state index < -0.39 is 17.7 Å². The highest BCUT2D eigenvalue weighted by molar-refractivity contribution is 6.51. The zero-order chi connectivity index (χ0) is 28.5. The van der Waals surface area contributed by atoms with Gasteiger partial charge >= 0.3 is 0 Å². The highest BCUT2D eigenvalue weighted by Gasteiger charge is 2.47. The van der Waals surface area contributed by atoms with Gasteiger partial charge in [-0.2, -0.15) is 0 Å². The van der Waals surface area contributed by atoms with Crippen LogP contribution >= 0.6 is 0 Å². The Morgan fingerprint density at radius 2 is 1.41 bits per heavy atom. The van der Waals surface area contributed by atoms with Crippen molar-refractivity contribution in [2.75, 3.05) is 4.90 Å². The van der Waals surface area contributed by atoms with Crippen molar-refractivity contribution >= 4 is 23.1 Å². The number of rotatable bonds is 7. The number of amides is 1. The van der Waals surface area contributed by atoms with Gasteiger partial charge < -0.3 is 14.6 Å². The normalized spacial score (nSPS) is 17.3. The van der Waals surface area contributed by atoms with Crippen LogP contribution in [0.25, 0.3) is 5.76 Å². The predicted octanol–water partition coefficient (Wildman–Crippen LogP) is 7.18. The summed E-state index contributed by atoms with van der Waals surface area (Å²) in [4.78, 5) is 28.5. The molecular formula is C33H37NO5. The number of ether oxygens (including phenoxy) is 2. The molecule has 0 spiro atoms. The predicted molar refractivity (Wildman–Crippen MR) is 154 cm³/mol. The molecule has 0 aliphatic carbocycles. The Balaban J connectivity index is 1.86. The molecular weight excluding hydrogens is 490 g/mol. The summed E-state index contributed by atoms with van der Waals surface area (Å²) in [5.41, 5.74) is 2.73. The van der Waals surface area contributed by atoms with Crippen LogP contribution < -0.4 is 14.4 Å². The summed E-state index contributed by atoms with van der Waals surface area (Å²) >= 11 is 0. The maximum Gasteiger partial charge on any atom is 0.300 e. The number of aliphatic hydroxyl groups is 1. The number of aliphatic hydroxyl groups excluding tert-OH is 1. The minimum atomic E-state index is -0.826. The number of anilines is 1. The maximum atomic E-state index is 13.5. The number of hydrogen-bond donors (Lipinski definition) is 1. The molecule has 3 aromatic rings. The van der Waals surface area contributed by atoms with Gasteiger partial charge in [0.15, 0.2) is 0 Å². The molecule has 1 atom stereocenters. The van der Waals surface area contributed by atoms with Gasteiger partial charge in [0.05, 0.1) is 23.8 Å². The average Bonchev–Trinajstić information content (AvgIpc) is 3.13. The Kier molecular flexibility index (Phi) is 7.86. The molecule has 0 radical (unpaired) electrons. The van der Waals surface area contributed by atoms with Crippen LogP contribution in [0, 0.1) is 0 Å². The van der Waals surface area contributed by atoms with Crippen LogP contribution in [0.5, 0.6) is 11.5 Å². The van der Waals surface area contributed by atoms with E-state index in [1.165, 1.54) is 4.90 Å². The number of carbonyl (C=O) groups excluding carboxylic acids is 2. The first-order valence-electron chi connectivity index (χ1n) is 13.3. The fourth-order valence-electron chi connectivity index (χ4n) is 4.68. The van der Waals surface area contributed by atoms with Crippen molar-refractivity contribution in [2.45, 2.75) is 72.1 Å². The molecule has 3 aromatic carbocycles. The Bertz CT molecular complexity index is 1380. The number of benzene rings is 3. The molecule has 1 aliphatic heterocycles. The van der Waals surface area contributed by atoms with Gasteiger partial charge in [-0.3, -0.25) is 14.5 Å². The summed E-state index contributed by atoms with van der Waals surface area (Å²) < 4.78 is 11.6. The fraction of sp³-hybridized carbons (Fsp3) is 0.333. The van der Waals surface area contributed by atoms with Crippen LogP contribution in [0.3, 0.4) is 0 Å². The molecule has 204 valence electrons. The highest BCUT2D eigenvalue weighted by atomic mass is 16.5. The molecule has 1 amide bonds. The second-order valence-electron chi connectivity index (χ2n) is 11.4. The zero-order valence-corrected chi connectivity index (χ0v) is 23.7. The summed E-state index contributed by atoms with van der Waals surface area (Å²) in [5, 5.41) is 11.5. The van der Waals surface area contributed by atoms with E-state index in [0.29, 0.717) is 28.3 Å². The van der Waals surface area contributed by atoms with Gasteiger partial charge in [0.1, 0.15) is 17.3 Å². The molecule has 0 aromatic heterocycles. The largest absolute Gasteiger partial charge is 0.507 e. The molecule has 6 heteroatoms. The Labute approximate surface area is 230 Å². The number of Topliss-reactive ketones (excluding diaryl/α,β-unsaturated/α-hetero) is 1. The molecule has 1 heterocycles. The van der Waals surface area contributed by atoms with Crippen molar-refractivity contribution in [2.24, 2.45) is 0 Å². The van der Waals surface area contributed by atoms with Crippen LogP contribution in [-0.2, 0) is 15.0 Å². The molecule has 1 saturated heterocycles. The topological polar surface area (TPSA) is 76.1 Å². The molecule has 39 heavy (non-hydrogen) atoms. The summed E-state index contributed by atoms with van der Waals surface area (Å²) in [6.07, 6.45) is -0.0567. The van der Waals surface area contributed by atoms with E-state index in [0.717, 1.165) is 5.56 Å². The first-order chi connectivity index (χ1) is 18.4. The molecule has 1 fully saturated rings. The van der Waals surface area contributed by atoms with E-state index in [2.05, 4.69) is 20.8 Å². The van der Waals surface area contributed by atoms with Gasteiger partial charge in [-0.25, -0.2) is 0 Å². The summed E-state index contributed by atoms with van der Waals surface area (Å²) in [6, 6.07) is 21.0. The van der Waals surface area contributed by atoms with Crippen molar-refractivity contribution in [3.63, 3.8) is 0 Å². The lowest BCUT2D eigenvalue weighted by Gasteiger charge is -2.27. The van der Waals surface area contributed by atoms with Crippen molar-refractivity contribution in [1.29, 1.82) is 0 Å². The first-order valence-corrected chi connectivity index (χ1v) is 13.3. The Hall–Kier alpha value is -4.06. The second kappa shape index (κ2) is 11.0. The lowest BCUT2D eigenvalue weighted by molar-refractivity contribution is -0.132. The first kappa shape index (κ1) is 28.0. The van der Waals surface area contributed by atoms with E-state index >= 15 is 0 Å². The van der Waals surface area contributed by atoms with Crippen LogP contribution in [-0.4, -0.2) is 29.0 Å². The van der Waals surface area contributed by atoms with Gasteiger partial charge in [-0.05, 0) is 80.6 Å². The molecule has 1 N–H and O–H groups in total. The summed E-state index contributed by atoms with van der Waals surface area (Å²) in [7, 11) is 0. The van der Waals surface area contributed by atoms with Gasteiger partial charge in [0, 0.05) is 11.3 Å². The fourth-order valence-corrected chi connectivity index (χ4v) is 4.68. The molecule has 1 unspecified atom stereocenters. The van der Waals surface area contributed by atoms with Gasteiger partial charge in [0.2, 0.25) is 0 Å². The van der Waals surface area contributed by atoms with Gasteiger partial charge in [0.25, 0.3) is 11.7 Å². The van der Waals surface area contributed by atoms with E-state index in [4.69, 9.17) is 9.47 Å². The van der Waals surface area contributed by atoms with E-state index in [9.17, 15) is 14.7 Å². The Morgan fingerprint density at radius 3 is 1.97 bits per heavy atom. The third-order valence-corrected chi connectivity index (χ3v) is 6.50. The van der Waals surface area contributed by atoms with E-state index in [1.807, 2.05) is 76.2 Å². The molecule has 0 saturated carbocycles. The number of nitrogens with zero attached hydrogens (tertiary/aromatic N) is 1. The summed E-state index contributed by atoms with van der Waals surface area (Å²) in [5.74, 6) is -0.437. The standard InChI is InChI=1S/C33H37NO5/c1-20(2)38-26-17-11-22(12-18-26)29-28(30(35)23-9-8-10-27(19-23)39-21(3)4)31(36)32(37)34(29)25-15-13-24(14-16-25)33(5,6)7/h8-21,29,35H,1-7H3/b30-28+. The van der Waals surface area contributed by atoms with Gasteiger partial charge in [-0.1, -0.05) is 57.2 Å². The van der Waals surface area contributed by atoms with Crippen LogP contribution in [0.15, 0.2) is 78.4 Å². The lowest BCUT2D eigenvalue weighted by Crippen LogP contribution is -2.29. The number of ketones is 1. The quantitative estimate of drug-likeness (QED) is 0.200. The maximum absolute atomic E-state index is 13.5. The monoisotopic (exact) mass is 527 g/mol. The SMILES string of the molecule is CC(C)Oc1ccc(C2/C(=C(\O)c3cccc(OC(C)C)c3)C(=O)C(=O)N2c2ccc(C(C)(C)C)cc2)cc1. The van der Waals surface area contributed by atoms with Crippen LogP contribution in [0.4, 0.5) is 5.69 Å². The van der Waals surface area contributed by atoms with Crippen molar-refractivity contribution in [3.05, 3.63) is 95.1 Å². The minimum absolute atomic E-state index is 0.00292. The third-order valence-electron chi connectivity index (χ3n) is 6.50. The van der Waals surface area contributed by atoms with Crippen molar-refractivity contribution in [3.8, 4) is 11.5 Å². The number of carbonyl (C=O) groups is 2. The van der Waals surface area contributed by atoms with Gasteiger partial charge in [-0.15, -0.1) is 0 Å². The van der Waals surface area contributed by atoms with Crippen molar-refractivity contribution < 1.29 is 24.2 Å². The van der Waals surface area contributed by atoms with Crippen molar-refractivity contribution in [1.82, 2.24) is 0 Å². The van der Waals surface area contributed by atoms with E-state index in [-0.39, 0.29) is 29.0 Å². The smallest absolute Gasteiger partial charge is 0.300 e. The lowest BCUT2D eigenvalue weighted by atomic mass is 9.87. The van der Waals surface area contributed by atoms with Crippen LogP contribution in [0.1, 0.15) is 71.2 Å². The molecule has 1 aliphatic rings. The third kappa shape index (κ3) is 6.00. The molecule has 6 nitrogen and oxygen atoms in total. The highest BCUT2D eigenvalue weighted by Crippen LogP contribution is 2.43.